The van der Waals surface area contributed by atoms with Gasteiger partial charge < -0.3 is 14.4 Å². The smallest absolute Gasteiger partial charge is 0.340 e. The highest BCUT2D eigenvalue weighted by Gasteiger charge is 2.59. The third-order valence-corrected chi connectivity index (χ3v) is 8.26. The van der Waals surface area contributed by atoms with Crippen LogP contribution in [0.15, 0.2) is 36.4 Å². The molecule has 7 nitrogen and oxygen atoms in total. The van der Waals surface area contributed by atoms with Crippen LogP contribution in [0.2, 0.25) is 0 Å². The SMILES string of the molecule is CCN1C[C@@]2(COC(=O)c3ccccc3N3C(=O)C[C@H](C)C3=O)CCC[C@]3(CC=CCO[C@@H]23)C1. The fourth-order valence-electron chi connectivity index (χ4n) is 6.72. The van der Waals surface area contributed by atoms with Gasteiger partial charge in [0.15, 0.2) is 0 Å². The summed E-state index contributed by atoms with van der Waals surface area (Å²) >= 11 is 0. The number of hydrogen-bond acceptors (Lipinski definition) is 6. The highest BCUT2D eigenvalue weighted by atomic mass is 16.5. The highest BCUT2D eigenvalue weighted by Crippen LogP contribution is 2.55. The lowest BCUT2D eigenvalue weighted by molar-refractivity contribution is -0.197. The average molecular weight is 467 g/mol. The van der Waals surface area contributed by atoms with Crippen molar-refractivity contribution in [3.05, 3.63) is 42.0 Å². The monoisotopic (exact) mass is 466 g/mol. The zero-order valence-electron chi connectivity index (χ0n) is 20.1. The number of esters is 1. The number of carbonyl (C=O) groups is 3. The number of piperidine rings is 1. The molecule has 3 aliphatic heterocycles. The summed E-state index contributed by atoms with van der Waals surface area (Å²) in [5, 5.41) is 0. The van der Waals surface area contributed by atoms with Gasteiger partial charge in [0.05, 0.1) is 24.0 Å². The van der Waals surface area contributed by atoms with Gasteiger partial charge in [-0.3, -0.25) is 9.59 Å². The third kappa shape index (κ3) is 3.79. The van der Waals surface area contributed by atoms with E-state index in [0.717, 1.165) is 50.2 Å². The summed E-state index contributed by atoms with van der Waals surface area (Å²) in [6.07, 6.45) is 8.71. The second-order valence-electron chi connectivity index (χ2n) is 10.5. The second kappa shape index (κ2) is 8.93. The van der Waals surface area contributed by atoms with Crippen LogP contribution in [0.4, 0.5) is 5.69 Å². The van der Waals surface area contributed by atoms with Crippen molar-refractivity contribution in [2.75, 3.05) is 37.7 Å². The van der Waals surface area contributed by atoms with Crippen LogP contribution < -0.4 is 4.90 Å². The first kappa shape index (κ1) is 23.2. The molecule has 2 bridgehead atoms. The number of nitrogens with zero attached hydrogens (tertiary/aromatic N) is 2. The van der Waals surface area contributed by atoms with Gasteiger partial charge in [-0.05, 0) is 37.9 Å². The number of amides is 2. The van der Waals surface area contributed by atoms with Crippen LogP contribution in [0, 0.1) is 16.7 Å². The van der Waals surface area contributed by atoms with Gasteiger partial charge in [0.25, 0.3) is 0 Å². The minimum Gasteiger partial charge on any atom is -0.461 e. The lowest BCUT2D eigenvalue weighted by Crippen LogP contribution is -2.66. The van der Waals surface area contributed by atoms with Gasteiger partial charge in [-0.15, -0.1) is 0 Å². The Morgan fingerprint density at radius 3 is 2.76 bits per heavy atom. The van der Waals surface area contributed by atoms with Gasteiger partial charge in [-0.1, -0.05) is 44.6 Å². The third-order valence-electron chi connectivity index (χ3n) is 8.26. The normalized spacial score (nSPS) is 33.5. The summed E-state index contributed by atoms with van der Waals surface area (Å²) in [5.41, 5.74) is 0.352. The predicted molar refractivity (Wildman–Crippen MR) is 127 cm³/mol. The predicted octanol–water partition coefficient (Wildman–Crippen LogP) is 3.58. The Labute approximate surface area is 201 Å². The summed E-state index contributed by atoms with van der Waals surface area (Å²) in [4.78, 5) is 42.1. The van der Waals surface area contributed by atoms with Gasteiger partial charge in [0.1, 0.15) is 6.61 Å². The molecule has 0 radical (unpaired) electrons. The molecule has 7 heteroatoms. The Morgan fingerprint density at radius 1 is 1.18 bits per heavy atom. The van der Waals surface area contributed by atoms with E-state index in [1.807, 2.05) is 0 Å². The minimum atomic E-state index is -0.498. The molecule has 1 aromatic carbocycles. The van der Waals surface area contributed by atoms with E-state index in [9.17, 15) is 14.4 Å². The molecule has 34 heavy (non-hydrogen) atoms. The molecule has 3 fully saturated rings. The Morgan fingerprint density at radius 2 is 2.00 bits per heavy atom. The van der Waals surface area contributed by atoms with E-state index in [2.05, 4.69) is 24.0 Å². The lowest BCUT2D eigenvalue weighted by atomic mass is 9.56. The van der Waals surface area contributed by atoms with Crippen molar-refractivity contribution in [3.8, 4) is 0 Å². The topological polar surface area (TPSA) is 76.2 Å². The molecule has 4 atom stereocenters. The summed E-state index contributed by atoms with van der Waals surface area (Å²) in [7, 11) is 0. The summed E-state index contributed by atoms with van der Waals surface area (Å²) in [5.74, 6) is -1.43. The first-order chi connectivity index (χ1) is 16.4. The number of anilines is 1. The van der Waals surface area contributed by atoms with E-state index in [1.165, 1.54) is 0 Å². The van der Waals surface area contributed by atoms with Crippen LogP contribution in [-0.2, 0) is 19.1 Å². The molecule has 1 saturated carbocycles. The highest BCUT2D eigenvalue weighted by molar-refractivity contribution is 6.22. The molecule has 0 aromatic heterocycles. The van der Waals surface area contributed by atoms with Crippen molar-refractivity contribution in [1.29, 1.82) is 0 Å². The Kier molecular flexibility index (Phi) is 6.10. The number of para-hydroxylation sites is 1. The van der Waals surface area contributed by atoms with E-state index in [1.54, 1.807) is 31.2 Å². The van der Waals surface area contributed by atoms with Crippen molar-refractivity contribution < 1.29 is 23.9 Å². The summed E-state index contributed by atoms with van der Waals surface area (Å²) in [6, 6.07) is 6.75. The number of likely N-dealkylation sites (tertiary alicyclic amines) is 1. The molecule has 1 aliphatic carbocycles. The van der Waals surface area contributed by atoms with Crippen LogP contribution in [0.1, 0.15) is 56.3 Å². The molecule has 2 saturated heterocycles. The molecule has 0 N–H and O–H groups in total. The van der Waals surface area contributed by atoms with Crippen LogP contribution in [0.5, 0.6) is 0 Å². The Hall–Kier alpha value is -2.51. The van der Waals surface area contributed by atoms with Gasteiger partial charge in [0, 0.05) is 36.3 Å². The molecule has 182 valence electrons. The van der Waals surface area contributed by atoms with Crippen molar-refractivity contribution >= 4 is 23.5 Å². The Bertz CT molecular complexity index is 1020. The van der Waals surface area contributed by atoms with E-state index < -0.39 is 5.97 Å². The number of hydrogen-bond donors (Lipinski definition) is 0. The number of allylic oxidation sites excluding steroid dienone is 1. The molecular weight excluding hydrogens is 432 g/mol. The second-order valence-corrected chi connectivity index (χ2v) is 10.5. The summed E-state index contributed by atoms with van der Waals surface area (Å²) in [6.45, 7) is 7.57. The maximum absolute atomic E-state index is 13.4. The maximum atomic E-state index is 13.4. The molecule has 5 rings (SSSR count). The van der Waals surface area contributed by atoms with E-state index >= 15 is 0 Å². The average Bonchev–Trinajstić information content (AvgIpc) is 2.97. The number of imide groups is 1. The molecule has 1 aromatic rings. The molecule has 0 spiro atoms. The van der Waals surface area contributed by atoms with Crippen LogP contribution in [0.3, 0.4) is 0 Å². The lowest BCUT2D eigenvalue weighted by Gasteiger charge is -2.60. The van der Waals surface area contributed by atoms with Crippen LogP contribution >= 0.6 is 0 Å². The number of rotatable bonds is 5. The van der Waals surface area contributed by atoms with E-state index in [0.29, 0.717) is 12.3 Å². The van der Waals surface area contributed by atoms with Crippen LogP contribution in [-0.4, -0.2) is 61.6 Å². The van der Waals surface area contributed by atoms with Crippen LogP contribution in [0.25, 0.3) is 0 Å². The van der Waals surface area contributed by atoms with E-state index in [4.69, 9.17) is 9.47 Å². The van der Waals surface area contributed by atoms with Crippen molar-refractivity contribution in [3.63, 3.8) is 0 Å². The zero-order valence-corrected chi connectivity index (χ0v) is 20.1. The molecule has 0 unspecified atom stereocenters. The molecule has 2 amide bonds. The van der Waals surface area contributed by atoms with Crippen molar-refractivity contribution in [1.82, 2.24) is 4.90 Å². The fraction of sp³-hybridized carbons (Fsp3) is 0.593. The van der Waals surface area contributed by atoms with Gasteiger partial charge in [-0.25, -0.2) is 9.69 Å². The van der Waals surface area contributed by atoms with Crippen molar-refractivity contribution in [2.24, 2.45) is 16.7 Å². The number of carbonyl (C=O) groups excluding carboxylic acids is 3. The van der Waals surface area contributed by atoms with E-state index in [-0.39, 0.29) is 53.3 Å². The standard InChI is InChI=1S/C27H34N2O5/c1-3-28-16-26-11-6-7-14-33-25(26)27(17-28,13-8-12-26)18-34-24(32)20-9-4-5-10-21(20)29-22(30)15-19(2)23(29)31/h4-7,9-10,19,25H,3,8,11-18H2,1-2H3/t19-,25+,26+,27+/m0/s1. The number of ether oxygens (including phenoxy) is 2. The summed E-state index contributed by atoms with van der Waals surface area (Å²) < 4.78 is 12.4. The first-order valence-electron chi connectivity index (χ1n) is 12.5. The minimum absolute atomic E-state index is 0.0391. The number of benzene rings is 1. The fourth-order valence-corrected chi connectivity index (χ4v) is 6.72. The van der Waals surface area contributed by atoms with Gasteiger partial charge in [0.2, 0.25) is 11.8 Å². The molecule has 4 aliphatic rings. The maximum Gasteiger partial charge on any atom is 0.340 e. The quantitative estimate of drug-likeness (QED) is 0.375. The first-order valence-corrected chi connectivity index (χ1v) is 12.5. The largest absolute Gasteiger partial charge is 0.461 e. The zero-order chi connectivity index (χ0) is 23.9. The Balaban J connectivity index is 1.40. The van der Waals surface area contributed by atoms with Crippen molar-refractivity contribution in [2.45, 2.75) is 52.1 Å². The molecule has 3 heterocycles. The van der Waals surface area contributed by atoms with Gasteiger partial charge in [-0.2, -0.15) is 0 Å². The van der Waals surface area contributed by atoms with Gasteiger partial charge >= 0.3 is 5.97 Å². The molecular formula is C27H34N2O5.